The van der Waals surface area contributed by atoms with Crippen LogP contribution in [0.1, 0.15) is 38.3 Å². The van der Waals surface area contributed by atoms with Gasteiger partial charge in [-0.15, -0.1) is 0 Å². The zero-order valence-electron chi connectivity index (χ0n) is 9.51. The number of hydrogen-bond acceptors (Lipinski definition) is 1. The van der Waals surface area contributed by atoms with Gasteiger partial charge in [0, 0.05) is 0 Å². The smallest absolute Gasteiger partial charge is 0.0106 e. The molecule has 0 aliphatic carbocycles. The highest BCUT2D eigenvalue weighted by Gasteiger charge is 2.16. The van der Waals surface area contributed by atoms with Crippen LogP contribution in [0.3, 0.4) is 0 Å². The lowest BCUT2D eigenvalue weighted by atomic mass is 9.82. The van der Waals surface area contributed by atoms with Crippen LogP contribution in [-0.2, 0) is 5.41 Å². The largest absolute Gasteiger partial charge is 0.344 e. The van der Waals surface area contributed by atoms with Crippen molar-refractivity contribution in [1.82, 2.24) is 6.15 Å². The van der Waals surface area contributed by atoms with Gasteiger partial charge in [0.1, 0.15) is 0 Å². The molecule has 0 fully saturated rings. The van der Waals surface area contributed by atoms with Crippen LogP contribution >= 0.6 is 0 Å². The first-order valence-electron chi connectivity index (χ1n) is 4.83. The standard InChI is InChI=1S/C13H18.H3N/c1-5-11-7-9-12(10-8-11)13(3,4)6-2;/h5,7-10H,1,6H2,2-4H3;1H3. The maximum absolute atomic E-state index is 3.74. The zero-order chi connectivity index (χ0) is 9.90. The fourth-order valence-corrected chi connectivity index (χ4v) is 1.27. The van der Waals surface area contributed by atoms with Gasteiger partial charge in [-0.3, -0.25) is 0 Å². The summed E-state index contributed by atoms with van der Waals surface area (Å²) in [6, 6.07) is 8.64. The Kier molecular flexibility index (Phi) is 4.58. The van der Waals surface area contributed by atoms with Crippen molar-refractivity contribution >= 4 is 6.08 Å². The van der Waals surface area contributed by atoms with Crippen molar-refractivity contribution in [3.8, 4) is 0 Å². The monoisotopic (exact) mass is 191 g/mol. The fourth-order valence-electron chi connectivity index (χ4n) is 1.27. The highest BCUT2D eigenvalue weighted by Crippen LogP contribution is 2.26. The predicted octanol–water partition coefficient (Wildman–Crippen LogP) is 4.18. The normalized spacial score (nSPS) is 10.5. The van der Waals surface area contributed by atoms with Crippen molar-refractivity contribution in [3.05, 3.63) is 42.0 Å². The SMILES string of the molecule is C=Cc1ccc(C(C)(C)CC)cc1.N. The molecule has 1 aromatic carbocycles. The van der Waals surface area contributed by atoms with Gasteiger partial charge in [0.15, 0.2) is 0 Å². The number of benzene rings is 1. The summed E-state index contributed by atoms with van der Waals surface area (Å²) in [5.41, 5.74) is 2.89. The second-order valence-corrected chi connectivity index (χ2v) is 4.06. The average Bonchev–Trinajstić information content (AvgIpc) is 2.18. The van der Waals surface area contributed by atoms with Crippen molar-refractivity contribution in [1.29, 1.82) is 0 Å². The van der Waals surface area contributed by atoms with Crippen LogP contribution in [0.25, 0.3) is 6.08 Å². The topological polar surface area (TPSA) is 35.0 Å². The Morgan fingerprint density at radius 3 is 2.07 bits per heavy atom. The van der Waals surface area contributed by atoms with Gasteiger partial charge in [0.05, 0.1) is 0 Å². The molecule has 0 bridgehead atoms. The van der Waals surface area contributed by atoms with Crippen LogP contribution in [0.15, 0.2) is 30.8 Å². The van der Waals surface area contributed by atoms with Crippen LogP contribution in [0, 0.1) is 0 Å². The Balaban J connectivity index is 0.00000169. The van der Waals surface area contributed by atoms with Crippen molar-refractivity contribution < 1.29 is 0 Å². The molecule has 14 heavy (non-hydrogen) atoms. The molecule has 1 aromatic rings. The lowest BCUT2D eigenvalue weighted by Gasteiger charge is -2.23. The van der Waals surface area contributed by atoms with E-state index in [9.17, 15) is 0 Å². The Morgan fingerprint density at radius 1 is 1.21 bits per heavy atom. The van der Waals surface area contributed by atoms with E-state index in [2.05, 4.69) is 51.6 Å². The summed E-state index contributed by atoms with van der Waals surface area (Å²) in [6.07, 6.45) is 3.04. The van der Waals surface area contributed by atoms with Crippen LogP contribution in [0.4, 0.5) is 0 Å². The molecule has 0 aliphatic rings. The van der Waals surface area contributed by atoms with Crippen molar-refractivity contribution in [2.45, 2.75) is 32.6 Å². The minimum atomic E-state index is 0. The first kappa shape index (κ1) is 12.9. The van der Waals surface area contributed by atoms with Crippen molar-refractivity contribution in [2.24, 2.45) is 0 Å². The molecule has 0 amide bonds. The third-order valence-electron chi connectivity index (χ3n) is 2.81. The zero-order valence-corrected chi connectivity index (χ0v) is 9.51. The van der Waals surface area contributed by atoms with E-state index in [4.69, 9.17) is 0 Å². The summed E-state index contributed by atoms with van der Waals surface area (Å²) >= 11 is 0. The van der Waals surface area contributed by atoms with Gasteiger partial charge in [0.25, 0.3) is 0 Å². The maximum atomic E-state index is 3.74. The summed E-state index contributed by atoms with van der Waals surface area (Å²) in [5, 5.41) is 0. The van der Waals surface area contributed by atoms with Gasteiger partial charge in [-0.1, -0.05) is 57.7 Å². The molecule has 1 nitrogen and oxygen atoms in total. The van der Waals surface area contributed by atoms with Crippen LogP contribution in [0.5, 0.6) is 0 Å². The molecule has 0 radical (unpaired) electrons. The molecule has 1 rings (SSSR count). The fraction of sp³-hybridized carbons (Fsp3) is 0.385. The first-order chi connectivity index (χ1) is 6.10. The van der Waals surface area contributed by atoms with E-state index >= 15 is 0 Å². The quantitative estimate of drug-likeness (QED) is 0.764. The lowest BCUT2D eigenvalue weighted by Crippen LogP contribution is -2.14. The van der Waals surface area contributed by atoms with E-state index in [0.29, 0.717) is 5.41 Å². The van der Waals surface area contributed by atoms with E-state index < -0.39 is 0 Å². The Morgan fingerprint density at radius 2 is 1.71 bits per heavy atom. The highest BCUT2D eigenvalue weighted by atomic mass is 14.2. The van der Waals surface area contributed by atoms with Gasteiger partial charge >= 0.3 is 0 Å². The van der Waals surface area contributed by atoms with E-state index in [0.717, 1.165) is 0 Å². The van der Waals surface area contributed by atoms with E-state index in [1.165, 1.54) is 17.5 Å². The molecule has 3 N–H and O–H groups in total. The van der Waals surface area contributed by atoms with E-state index in [-0.39, 0.29) is 6.15 Å². The summed E-state index contributed by atoms with van der Waals surface area (Å²) in [7, 11) is 0. The van der Waals surface area contributed by atoms with Crippen molar-refractivity contribution in [2.75, 3.05) is 0 Å². The molecule has 0 aliphatic heterocycles. The van der Waals surface area contributed by atoms with Gasteiger partial charge in [-0.2, -0.15) is 0 Å². The molecule has 78 valence electrons. The molecular weight excluding hydrogens is 170 g/mol. The molecule has 0 spiro atoms. The molecule has 1 heteroatoms. The van der Waals surface area contributed by atoms with Gasteiger partial charge in [-0.25, -0.2) is 0 Å². The summed E-state index contributed by atoms with van der Waals surface area (Å²) < 4.78 is 0. The predicted molar refractivity (Wildman–Crippen MR) is 64.9 cm³/mol. The minimum absolute atomic E-state index is 0. The third-order valence-corrected chi connectivity index (χ3v) is 2.81. The molecule has 0 unspecified atom stereocenters. The van der Waals surface area contributed by atoms with Crippen LogP contribution in [-0.4, -0.2) is 0 Å². The Bertz CT molecular complexity index is 283. The van der Waals surface area contributed by atoms with Gasteiger partial charge in [-0.05, 0) is 23.0 Å². The Hall–Kier alpha value is -1.08. The van der Waals surface area contributed by atoms with Gasteiger partial charge in [0.2, 0.25) is 0 Å². The summed E-state index contributed by atoms with van der Waals surface area (Å²) in [4.78, 5) is 0. The van der Waals surface area contributed by atoms with E-state index in [1.54, 1.807) is 0 Å². The van der Waals surface area contributed by atoms with Gasteiger partial charge < -0.3 is 6.15 Å². The molecule has 0 heterocycles. The molecule has 0 saturated carbocycles. The molecule has 0 atom stereocenters. The molecule has 0 aromatic heterocycles. The number of rotatable bonds is 3. The van der Waals surface area contributed by atoms with E-state index in [1.807, 2.05) is 6.08 Å². The summed E-state index contributed by atoms with van der Waals surface area (Å²) in [5.74, 6) is 0. The third kappa shape index (κ3) is 2.71. The molecular formula is C13H21N. The number of hydrogen-bond donors (Lipinski definition) is 1. The van der Waals surface area contributed by atoms with Crippen LogP contribution in [0.2, 0.25) is 0 Å². The van der Waals surface area contributed by atoms with Crippen molar-refractivity contribution in [3.63, 3.8) is 0 Å². The minimum Gasteiger partial charge on any atom is -0.344 e. The highest BCUT2D eigenvalue weighted by molar-refractivity contribution is 5.47. The average molecular weight is 191 g/mol. The lowest BCUT2D eigenvalue weighted by molar-refractivity contribution is 0.506. The second-order valence-electron chi connectivity index (χ2n) is 4.06. The Labute approximate surface area is 87.4 Å². The molecule has 0 saturated heterocycles. The summed E-state index contributed by atoms with van der Waals surface area (Å²) in [6.45, 7) is 10.5. The second kappa shape index (κ2) is 4.97. The van der Waals surface area contributed by atoms with Crippen LogP contribution < -0.4 is 6.15 Å². The maximum Gasteiger partial charge on any atom is -0.0106 e. The first-order valence-corrected chi connectivity index (χ1v) is 4.83.